The van der Waals surface area contributed by atoms with Gasteiger partial charge in [-0.1, -0.05) is 12.8 Å². The van der Waals surface area contributed by atoms with Crippen molar-refractivity contribution in [1.82, 2.24) is 4.90 Å². The normalized spacial score (nSPS) is 24.7. The van der Waals surface area contributed by atoms with E-state index in [9.17, 15) is 19.2 Å². The Hall–Kier alpha value is -2.70. The topological polar surface area (TPSA) is 84.0 Å². The molecule has 1 aliphatic carbocycles. The van der Waals surface area contributed by atoms with E-state index in [2.05, 4.69) is 0 Å². The third-order valence-corrected chi connectivity index (χ3v) is 6.62. The van der Waals surface area contributed by atoms with Gasteiger partial charge >= 0.3 is 5.97 Å². The molecule has 0 spiro atoms. The van der Waals surface area contributed by atoms with Crippen molar-refractivity contribution in [1.29, 1.82) is 0 Å². The standard InChI is InChI=1S/C23H28N2O5/c1-2-30-23(29)16-11-13-24(14-12-16)20(26)15-7-9-17(10-8-15)25-21(27)18-5-3-4-6-19(18)22(25)28/h7-10,16,18-19H,2-6,11-14H2,1H3/t18-,19-/m1/s1. The van der Waals surface area contributed by atoms with Crippen molar-refractivity contribution >= 4 is 29.4 Å². The number of amides is 3. The lowest BCUT2D eigenvalue weighted by atomic mass is 9.81. The minimum atomic E-state index is -0.187. The van der Waals surface area contributed by atoms with Gasteiger partial charge < -0.3 is 9.64 Å². The van der Waals surface area contributed by atoms with Gasteiger partial charge in [-0.3, -0.25) is 24.1 Å². The Labute approximate surface area is 176 Å². The Morgan fingerprint density at radius 1 is 0.933 bits per heavy atom. The molecule has 3 fully saturated rings. The largest absolute Gasteiger partial charge is 0.466 e. The minimum Gasteiger partial charge on any atom is -0.466 e. The van der Waals surface area contributed by atoms with Gasteiger partial charge in [0, 0.05) is 18.7 Å². The van der Waals surface area contributed by atoms with E-state index in [-0.39, 0.29) is 41.4 Å². The molecule has 0 aromatic heterocycles. The molecule has 3 aliphatic rings. The number of piperidine rings is 1. The molecule has 2 saturated heterocycles. The Morgan fingerprint density at radius 3 is 2.03 bits per heavy atom. The van der Waals surface area contributed by atoms with E-state index in [1.54, 1.807) is 36.1 Å². The number of hydrogen-bond donors (Lipinski definition) is 0. The molecule has 0 bridgehead atoms. The number of benzene rings is 1. The highest BCUT2D eigenvalue weighted by Gasteiger charge is 2.48. The maximum Gasteiger partial charge on any atom is 0.309 e. The number of carbonyl (C=O) groups is 4. The number of ether oxygens (including phenoxy) is 1. The average Bonchev–Trinajstić information content (AvgIpc) is 3.04. The lowest BCUT2D eigenvalue weighted by Crippen LogP contribution is -2.40. The molecule has 1 aromatic carbocycles. The van der Waals surface area contributed by atoms with Crippen LogP contribution in [0.4, 0.5) is 5.69 Å². The number of nitrogens with zero attached hydrogens (tertiary/aromatic N) is 2. The van der Waals surface area contributed by atoms with Crippen molar-refractivity contribution in [3.63, 3.8) is 0 Å². The smallest absolute Gasteiger partial charge is 0.309 e. The fraction of sp³-hybridized carbons (Fsp3) is 0.565. The summed E-state index contributed by atoms with van der Waals surface area (Å²) in [5.41, 5.74) is 1.06. The summed E-state index contributed by atoms with van der Waals surface area (Å²) < 4.78 is 5.07. The van der Waals surface area contributed by atoms with Crippen LogP contribution >= 0.6 is 0 Å². The molecule has 3 amide bonds. The first-order valence-electron chi connectivity index (χ1n) is 10.9. The zero-order chi connectivity index (χ0) is 21.3. The maximum absolute atomic E-state index is 12.8. The average molecular weight is 412 g/mol. The van der Waals surface area contributed by atoms with Gasteiger partial charge in [-0.2, -0.15) is 0 Å². The summed E-state index contributed by atoms with van der Waals surface area (Å²) in [5, 5.41) is 0. The maximum atomic E-state index is 12.8. The number of carbonyl (C=O) groups excluding carboxylic acids is 4. The highest BCUT2D eigenvalue weighted by molar-refractivity contribution is 6.22. The zero-order valence-corrected chi connectivity index (χ0v) is 17.3. The first kappa shape index (κ1) is 20.6. The van der Waals surface area contributed by atoms with Gasteiger partial charge in [0.15, 0.2) is 0 Å². The van der Waals surface area contributed by atoms with Crippen LogP contribution < -0.4 is 4.90 Å². The molecule has 0 N–H and O–H groups in total. The zero-order valence-electron chi connectivity index (χ0n) is 17.3. The van der Waals surface area contributed by atoms with Crippen molar-refractivity contribution in [3.05, 3.63) is 29.8 Å². The predicted molar refractivity (Wildman–Crippen MR) is 110 cm³/mol. The molecular weight excluding hydrogens is 384 g/mol. The van der Waals surface area contributed by atoms with Gasteiger partial charge in [-0.25, -0.2) is 0 Å². The Balaban J connectivity index is 1.40. The second-order valence-electron chi connectivity index (χ2n) is 8.37. The Morgan fingerprint density at radius 2 is 1.50 bits per heavy atom. The Kier molecular flexibility index (Phi) is 5.88. The molecule has 2 atom stereocenters. The summed E-state index contributed by atoms with van der Waals surface area (Å²) in [4.78, 5) is 53.2. The fourth-order valence-corrected chi connectivity index (χ4v) is 4.93. The molecule has 30 heavy (non-hydrogen) atoms. The molecule has 160 valence electrons. The molecule has 0 unspecified atom stereocenters. The van der Waals surface area contributed by atoms with E-state index in [1.165, 1.54) is 4.90 Å². The monoisotopic (exact) mass is 412 g/mol. The number of fused-ring (bicyclic) bond motifs is 1. The van der Waals surface area contributed by atoms with Gasteiger partial charge in [-0.05, 0) is 56.9 Å². The molecule has 4 rings (SSSR count). The van der Waals surface area contributed by atoms with Crippen LogP contribution in [-0.4, -0.2) is 48.3 Å². The van der Waals surface area contributed by atoms with E-state index < -0.39 is 0 Å². The number of imide groups is 1. The van der Waals surface area contributed by atoms with Gasteiger partial charge in [0.2, 0.25) is 11.8 Å². The van der Waals surface area contributed by atoms with Crippen molar-refractivity contribution in [2.75, 3.05) is 24.6 Å². The van der Waals surface area contributed by atoms with Crippen LogP contribution in [0.25, 0.3) is 0 Å². The van der Waals surface area contributed by atoms with Crippen molar-refractivity contribution in [3.8, 4) is 0 Å². The first-order chi connectivity index (χ1) is 14.5. The summed E-state index contributed by atoms with van der Waals surface area (Å²) >= 11 is 0. The van der Waals surface area contributed by atoms with E-state index in [1.807, 2.05) is 0 Å². The molecule has 1 aromatic rings. The van der Waals surface area contributed by atoms with Crippen LogP contribution in [0.3, 0.4) is 0 Å². The van der Waals surface area contributed by atoms with Crippen LogP contribution in [-0.2, 0) is 19.1 Å². The van der Waals surface area contributed by atoms with E-state index >= 15 is 0 Å². The molecular formula is C23H28N2O5. The highest BCUT2D eigenvalue weighted by Crippen LogP contribution is 2.40. The summed E-state index contributed by atoms with van der Waals surface area (Å²) in [5.74, 6) is -1.02. The Bertz CT molecular complexity index is 818. The number of likely N-dealkylation sites (tertiary alicyclic amines) is 1. The molecule has 2 heterocycles. The third kappa shape index (κ3) is 3.73. The van der Waals surface area contributed by atoms with Crippen LogP contribution in [0.5, 0.6) is 0 Å². The fourth-order valence-electron chi connectivity index (χ4n) is 4.93. The van der Waals surface area contributed by atoms with Gasteiger partial charge in [0.05, 0.1) is 30.0 Å². The van der Waals surface area contributed by atoms with Crippen molar-refractivity contribution < 1.29 is 23.9 Å². The van der Waals surface area contributed by atoms with Crippen LogP contribution in [0.15, 0.2) is 24.3 Å². The van der Waals surface area contributed by atoms with Gasteiger partial charge in [-0.15, -0.1) is 0 Å². The number of rotatable bonds is 4. The predicted octanol–water partition coefficient (Wildman–Crippen LogP) is 2.78. The minimum absolute atomic E-state index is 0.100. The van der Waals surface area contributed by atoms with Gasteiger partial charge in [0.1, 0.15) is 0 Å². The first-order valence-corrected chi connectivity index (χ1v) is 10.9. The molecule has 0 radical (unpaired) electrons. The van der Waals surface area contributed by atoms with E-state index in [0.29, 0.717) is 43.8 Å². The SMILES string of the molecule is CCOC(=O)C1CCN(C(=O)c2ccc(N3C(=O)[C@@H]4CCCC[C@H]4C3=O)cc2)CC1. The van der Waals surface area contributed by atoms with Crippen LogP contribution in [0.2, 0.25) is 0 Å². The number of anilines is 1. The molecule has 1 saturated carbocycles. The number of hydrogen-bond acceptors (Lipinski definition) is 5. The second kappa shape index (κ2) is 8.58. The van der Waals surface area contributed by atoms with Crippen LogP contribution in [0.1, 0.15) is 55.8 Å². The summed E-state index contributed by atoms with van der Waals surface area (Å²) in [6.07, 6.45) is 4.75. The molecule has 2 aliphatic heterocycles. The van der Waals surface area contributed by atoms with Crippen molar-refractivity contribution in [2.45, 2.75) is 45.4 Å². The summed E-state index contributed by atoms with van der Waals surface area (Å²) in [7, 11) is 0. The second-order valence-corrected chi connectivity index (χ2v) is 8.37. The lowest BCUT2D eigenvalue weighted by Gasteiger charge is -2.31. The van der Waals surface area contributed by atoms with Crippen molar-refractivity contribution in [2.24, 2.45) is 17.8 Å². The number of esters is 1. The van der Waals surface area contributed by atoms with E-state index in [0.717, 1.165) is 25.7 Å². The molecule has 7 heteroatoms. The van der Waals surface area contributed by atoms with E-state index in [4.69, 9.17) is 4.74 Å². The molecule has 7 nitrogen and oxygen atoms in total. The summed E-state index contributed by atoms with van der Waals surface area (Å²) in [6.45, 7) is 3.18. The lowest BCUT2D eigenvalue weighted by molar-refractivity contribution is -0.149. The highest BCUT2D eigenvalue weighted by atomic mass is 16.5. The quantitative estimate of drug-likeness (QED) is 0.561. The summed E-state index contributed by atoms with van der Waals surface area (Å²) in [6, 6.07) is 6.73. The van der Waals surface area contributed by atoms with Crippen LogP contribution in [0, 0.1) is 17.8 Å². The van der Waals surface area contributed by atoms with Gasteiger partial charge in [0.25, 0.3) is 5.91 Å². The third-order valence-electron chi connectivity index (χ3n) is 6.62.